The van der Waals surface area contributed by atoms with Gasteiger partial charge in [0.15, 0.2) is 0 Å². The van der Waals surface area contributed by atoms with Crippen LogP contribution in [-0.4, -0.2) is 56.0 Å². The number of likely N-dealkylation sites (tertiary alicyclic amines) is 1. The molecule has 8 nitrogen and oxygen atoms in total. The number of ether oxygens (including phenoxy) is 1. The minimum Gasteiger partial charge on any atom is -0.497 e. The predicted octanol–water partition coefficient (Wildman–Crippen LogP) is 3.03. The van der Waals surface area contributed by atoms with Crippen LogP contribution in [0.4, 0.5) is 16.2 Å². The maximum absolute atomic E-state index is 12.8. The summed E-state index contributed by atoms with van der Waals surface area (Å²) in [5.74, 6) is 0.773. The van der Waals surface area contributed by atoms with Gasteiger partial charge in [-0.2, -0.15) is 0 Å². The number of hydrogen-bond donors (Lipinski definition) is 2. The number of rotatable bonds is 7. The Kier molecular flexibility index (Phi) is 6.58. The second kappa shape index (κ2) is 9.72. The third-order valence-electron chi connectivity index (χ3n) is 5.92. The topological polar surface area (TPSA) is 91.0 Å². The molecule has 4 amide bonds. The first-order chi connectivity index (χ1) is 15.6. The number of carbonyl (C=O) groups is 3. The highest BCUT2D eigenvalue weighted by Gasteiger charge is 2.28. The molecule has 2 aliphatic rings. The van der Waals surface area contributed by atoms with Crippen molar-refractivity contribution in [2.24, 2.45) is 0 Å². The smallest absolute Gasteiger partial charge is 0.326 e. The van der Waals surface area contributed by atoms with Gasteiger partial charge in [-0.1, -0.05) is 6.07 Å². The van der Waals surface area contributed by atoms with Crippen molar-refractivity contribution in [1.82, 2.24) is 10.2 Å². The summed E-state index contributed by atoms with van der Waals surface area (Å²) in [4.78, 5) is 40.8. The molecule has 0 atom stereocenters. The third-order valence-corrected chi connectivity index (χ3v) is 5.92. The molecule has 2 N–H and O–H groups in total. The number of anilines is 2. The van der Waals surface area contributed by atoms with E-state index in [0.29, 0.717) is 43.7 Å². The van der Waals surface area contributed by atoms with Crippen LogP contribution in [0.3, 0.4) is 0 Å². The van der Waals surface area contributed by atoms with E-state index in [1.54, 1.807) is 48.4 Å². The van der Waals surface area contributed by atoms with E-state index in [9.17, 15) is 14.4 Å². The number of carbonyl (C=O) groups excluding carboxylic acids is 3. The van der Waals surface area contributed by atoms with Crippen molar-refractivity contribution in [2.45, 2.75) is 25.7 Å². The lowest BCUT2D eigenvalue weighted by Crippen LogP contribution is -2.33. The Morgan fingerprint density at radius 3 is 2.59 bits per heavy atom. The summed E-state index contributed by atoms with van der Waals surface area (Å²) >= 11 is 0. The molecule has 32 heavy (non-hydrogen) atoms. The molecule has 0 aromatic heterocycles. The van der Waals surface area contributed by atoms with Gasteiger partial charge < -0.3 is 20.3 Å². The SMILES string of the molecule is COc1ccc(NC(=O)N2CCc3c(C(=O)NCCCN4CCCC4=O)cccc32)cc1. The van der Waals surface area contributed by atoms with Gasteiger partial charge in [0.2, 0.25) is 5.91 Å². The molecule has 0 spiro atoms. The van der Waals surface area contributed by atoms with Gasteiger partial charge in [-0.05, 0) is 61.2 Å². The van der Waals surface area contributed by atoms with Crippen molar-refractivity contribution in [3.05, 3.63) is 53.6 Å². The minimum absolute atomic E-state index is 0.146. The van der Waals surface area contributed by atoms with Crippen LogP contribution in [0, 0.1) is 0 Å². The van der Waals surface area contributed by atoms with Crippen LogP contribution in [0.5, 0.6) is 5.75 Å². The van der Waals surface area contributed by atoms with Crippen LogP contribution in [-0.2, 0) is 11.2 Å². The van der Waals surface area contributed by atoms with E-state index >= 15 is 0 Å². The van der Waals surface area contributed by atoms with Gasteiger partial charge >= 0.3 is 6.03 Å². The fourth-order valence-corrected chi connectivity index (χ4v) is 4.23. The molecule has 0 bridgehead atoms. The lowest BCUT2D eigenvalue weighted by Gasteiger charge is -2.19. The Labute approximate surface area is 187 Å². The summed E-state index contributed by atoms with van der Waals surface area (Å²) in [7, 11) is 1.59. The van der Waals surface area contributed by atoms with Crippen molar-refractivity contribution in [1.29, 1.82) is 0 Å². The van der Waals surface area contributed by atoms with E-state index in [-0.39, 0.29) is 17.8 Å². The Morgan fingerprint density at radius 2 is 1.88 bits per heavy atom. The van der Waals surface area contributed by atoms with Gasteiger partial charge in [-0.15, -0.1) is 0 Å². The highest BCUT2D eigenvalue weighted by Crippen LogP contribution is 2.31. The van der Waals surface area contributed by atoms with E-state index in [4.69, 9.17) is 4.74 Å². The van der Waals surface area contributed by atoms with Crippen LogP contribution in [0.1, 0.15) is 35.2 Å². The van der Waals surface area contributed by atoms with Crippen LogP contribution in [0.15, 0.2) is 42.5 Å². The molecule has 0 aliphatic carbocycles. The van der Waals surface area contributed by atoms with Gasteiger partial charge in [0, 0.05) is 49.5 Å². The Bertz CT molecular complexity index is 1010. The molecule has 1 fully saturated rings. The lowest BCUT2D eigenvalue weighted by atomic mass is 10.0. The Morgan fingerprint density at radius 1 is 1.06 bits per heavy atom. The highest BCUT2D eigenvalue weighted by molar-refractivity contribution is 6.05. The largest absolute Gasteiger partial charge is 0.497 e. The molecular formula is C24H28N4O4. The molecule has 2 aliphatic heterocycles. The van der Waals surface area contributed by atoms with Gasteiger partial charge in [0.25, 0.3) is 5.91 Å². The summed E-state index contributed by atoms with van der Waals surface area (Å²) in [5.41, 5.74) is 2.91. The van der Waals surface area contributed by atoms with E-state index in [2.05, 4.69) is 10.6 Å². The lowest BCUT2D eigenvalue weighted by molar-refractivity contribution is -0.127. The zero-order chi connectivity index (χ0) is 22.5. The van der Waals surface area contributed by atoms with Crippen LogP contribution in [0.25, 0.3) is 0 Å². The molecule has 8 heteroatoms. The fraction of sp³-hybridized carbons (Fsp3) is 0.375. The number of nitrogens with zero attached hydrogens (tertiary/aromatic N) is 2. The van der Waals surface area contributed by atoms with E-state index < -0.39 is 0 Å². The maximum Gasteiger partial charge on any atom is 0.326 e. The summed E-state index contributed by atoms with van der Waals surface area (Å²) in [5, 5.41) is 5.85. The van der Waals surface area contributed by atoms with Crippen molar-refractivity contribution in [3.8, 4) is 5.75 Å². The summed E-state index contributed by atoms with van der Waals surface area (Å²) in [6, 6.07) is 12.4. The van der Waals surface area contributed by atoms with Gasteiger partial charge in [-0.3, -0.25) is 14.5 Å². The minimum atomic E-state index is -0.234. The third kappa shape index (κ3) is 4.69. The predicted molar refractivity (Wildman–Crippen MR) is 122 cm³/mol. The quantitative estimate of drug-likeness (QED) is 0.653. The number of methoxy groups -OCH3 is 1. The first-order valence-electron chi connectivity index (χ1n) is 11.0. The number of nitrogens with one attached hydrogen (secondary N) is 2. The second-order valence-electron chi connectivity index (χ2n) is 7.96. The maximum atomic E-state index is 12.8. The zero-order valence-corrected chi connectivity index (χ0v) is 18.2. The van der Waals surface area contributed by atoms with Gasteiger partial charge in [0.1, 0.15) is 5.75 Å². The van der Waals surface area contributed by atoms with Crippen molar-refractivity contribution >= 4 is 29.2 Å². The molecule has 0 unspecified atom stereocenters. The standard InChI is InChI=1S/C24H28N4O4/c1-32-18-10-8-17(9-11-18)26-24(31)28-16-12-19-20(5-2-6-21(19)28)23(30)25-13-4-15-27-14-3-7-22(27)29/h2,5-6,8-11H,3-4,7,12-16H2,1H3,(H,25,30)(H,26,31). The first kappa shape index (κ1) is 21.7. The Balaban J connectivity index is 1.35. The molecule has 0 saturated carbocycles. The number of fused-ring (bicyclic) bond motifs is 1. The molecule has 2 aromatic carbocycles. The molecule has 0 radical (unpaired) electrons. The molecule has 168 valence electrons. The summed E-state index contributed by atoms with van der Waals surface area (Å²) in [6.07, 6.45) is 2.90. The van der Waals surface area contributed by atoms with Crippen molar-refractivity contribution in [3.63, 3.8) is 0 Å². The number of amides is 4. The zero-order valence-electron chi connectivity index (χ0n) is 18.2. The highest BCUT2D eigenvalue weighted by atomic mass is 16.5. The van der Waals surface area contributed by atoms with Crippen LogP contribution in [0.2, 0.25) is 0 Å². The molecule has 2 heterocycles. The van der Waals surface area contributed by atoms with E-state index in [1.165, 1.54) is 0 Å². The molecule has 1 saturated heterocycles. The Hall–Kier alpha value is -3.55. The molecular weight excluding hydrogens is 408 g/mol. The fourth-order valence-electron chi connectivity index (χ4n) is 4.23. The van der Waals surface area contributed by atoms with Crippen LogP contribution >= 0.6 is 0 Å². The van der Waals surface area contributed by atoms with E-state index in [1.807, 2.05) is 11.0 Å². The van der Waals surface area contributed by atoms with Crippen molar-refractivity contribution in [2.75, 3.05) is 43.5 Å². The average molecular weight is 437 g/mol. The van der Waals surface area contributed by atoms with Gasteiger partial charge in [-0.25, -0.2) is 4.79 Å². The summed E-state index contributed by atoms with van der Waals surface area (Å²) in [6.45, 7) is 2.51. The molecule has 2 aromatic rings. The first-order valence-corrected chi connectivity index (χ1v) is 11.0. The monoisotopic (exact) mass is 436 g/mol. The molecule has 4 rings (SSSR count). The number of urea groups is 1. The van der Waals surface area contributed by atoms with Crippen molar-refractivity contribution < 1.29 is 19.1 Å². The second-order valence-corrected chi connectivity index (χ2v) is 7.96. The van der Waals surface area contributed by atoms with E-state index in [0.717, 1.165) is 36.4 Å². The normalized spacial score (nSPS) is 15.0. The van der Waals surface area contributed by atoms with Crippen LogP contribution < -0.4 is 20.3 Å². The van der Waals surface area contributed by atoms with Gasteiger partial charge in [0.05, 0.1) is 7.11 Å². The average Bonchev–Trinajstić information content (AvgIpc) is 3.43. The summed E-state index contributed by atoms with van der Waals surface area (Å²) < 4.78 is 5.14. The number of hydrogen-bond acceptors (Lipinski definition) is 4. The number of benzene rings is 2.